The van der Waals surface area contributed by atoms with E-state index in [0.29, 0.717) is 12.0 Å². The summed E-state index contributed by atoms with van der Waals surface area (Å²) in [6.07, 6.45) is 0.560. The SMILES string of the molecule is O=Cc1cc(COCc2ccc(SC(F)(F)F)cc2)on1. The predicted molar refractivity (Wildman–Crippen MR) is 68.7 cm³/mol. The summed E-state index contributed by atoms with van der Waals surface area (Å²) in [4.78, 5) is 10.5. The molecule has 0 amide bonds. The van der Waals surface area contributed by atoms with Gasteiger partial charge in [-0.1, -0.05) is 17.3 Å². The number of alkyl halides is 3. The minimum Gasteiger partial charge on any atom is -0.369 e. The second-order valence-corrected chi connectivity index (χ2v) is 5.16. The molecule has 21 heavy (non-hydrogen) atoms. The van der Waals surface area contributed by atoms with Crippen molar-refractivity contribution in [3.8, 4) is 0 Å². The maximum atomic E-state index is 12.2. The van der Waals surface area contributed by atoms with Gasteiger partial charge in [0.1, 0.15) is 12.3 Å². The third-order valence-electron chi connectivity index (χ3n) is 2.37. The van der Waals surface area contributed by atoms with E-state index in [4.69, 9.17) is 9.26 Å². The normalized spacial score (nSPS) is 11.6. The van der Waals surface area contributed by atoms with Gasteiger partial charge in [0, 0.05) is 11.0 Å². The first-order valence-electron chi connectivity index (χ1n) is 5.79. The van der Waals surface area contributed by atoms with Gasteiger partial charge in [-0.2, -0.15) is 13.2 Å². The van der Waals surface area contributed by atoms with E-state index >= 15 is 0 Å². The standard InChI is InChI=1S/C13H10F3NO3S/c14-13(15,16)21-12-3-1-9(2-4-12)7-19-8-11-5-10(6-18)17-20-11/h1-6H,7-8H2. The molecule has 0 atom stereocenters. The number of rotatable bonds is 6. The van der Waals surface area contributed by atoms with Crippen LogP contribution in [-0.2, 0) is 18.0 Å². The largest absolute Gasteiger partial charge is 0.446 e. The maximum absolute atomic E-state index is 12.2. The fourth-order valence-corrected chi connectivity index (χ4v) is 2.05. The first-order valence-corrected chi connectivity index (χ1v) is 6.61. The molecule has 0 bridgehead atoms. The molecule has 0 spiro atoms. The van der Waals surface area contributed by atoms with Gasteiger partial charge in [-0.05, 0) is 29.5 Å². The number of carbonyl (C=O) groups is 1. The maximum Gasteiger partial charge on any atom is 0.446 e. The highest BCUT2D eigenvalue weighted by Gasteiger charge is 2.28. The Morgan fingerprint density at radius 1 is 1.24 bits per heavy atom. The van der Waals surface area contributed by atoms with E-state index in [1.165, 1.54) is 18.2 Å². The van der Waals surface area contributed by atoms with Crippen LogP contribution < -0.4 is 0 Å². The number of thioether (sulfide) groups is 1. The summed E-state index contributed by atoms with van der Waals surface area (Å²) in [7, 11) is 0. The van der Waals surface area contributed by atoms with Crippen LogP contribution in [0.25, 0.3) is 0 Å². The Labute approximate surface area is 122 Å². The third kappa shape index (κ3) is 5.24. The highest BCUT2D eigenvalue weighted by atomic mass is 32.2. The Balaban J connectivity index is 1.82. The van der Waals surface area contributed by atoms with E-state index < -0.39 is 5.51 Å². The lowest BCUT2D eigenvalue weighted by atomic mass is 10.2. The highest BCUT2D eigenvalue weighted by molar-refractivity contribution is 8.00. The summed E-state index contributed by atoms with van der Waals surface area (Å²) in [5.41, 5.74) is -3.38. The molecule has 0 saturated heterocycles. The van der Waals surface area contributed by atoms with Gasteiger partial charge in [0.05, 0.1) is 6.61 Å². The van der Waals surface area contributed by atoms with Crippen molar-refractivity contribution >= 4 is 18.0 Å². The zero-order chi connectivity index (χ0) is 15.3. The van der Waals surface area contributed by atoms with Gasteiger partial charge >= 0.3 is 5.51 Å². The molecule has 0 unspecified atom stereocenters. The highest BCUT2D eigenvalue weighted by Crippen LogP contribution is 2.36. The van der Waals surface area contributed by atoms with Gasteiger partial charge in [0.25, 0.3) is 0 Å². The Morgan fingerprint density at radius 3 is 2.52 bits per heavy atom. The summed E-state index contributed by atoms with van der Waals surface area (Å²) in [6, 6.07) is 7.35. The van der Waals surface area contributed by atoms with E-state index in [2.05, 4.69) is 5.16 Å². The Hall–Kier alpha value is -1.80. The van der Waals surface area contributed by atoms with Gasteiger partial charge in [-0.3, -0.25) is 4.79 Å². The van der Waals surface area contributed by atoms with Crippen LogP contribution >= 0.6 is 11.8 Å². The minimum atomic E-state index is -4.29. The van der Waals surface area contributed by atoms with Gasteiger partial charge in [-0.25, -0.2) is 0 Å². The predicted octanol–water partition coefficient (Wildman–Crippen LogP) is 3.82. The van der Waals surface area contributed by atoms with Gasteiger partial charge < -0.3 is 9.26 Å². The van der Waals surface area contributed by atoms with Crippen molar-refractivity contribution in [2.24, 2.45) is 0 Å². The third-order valence-corrected chi connectivity index (χ3v) is 3.11. The van der Waals surface area contributed by atoms with Crippen LogP contribution in [0, 0.1) is 0 Å². The smallest absolute Gasteiger partial charge is 0.369 e. The van der Waals surface area contributed by atoms with Crippen LogP contribution in [0.2, 0.25) is 0 Å². The number of hydrogen-bond acceptors (Lipinski definition) is 5. The summed E-state index contributed by atoms with van der Waals surface area (Å²) in [5.74, 6) is 0.404. The molecule has 0 fully saturated rings. The van der Waals surface area contributed by atoms with Crippen LogP contribution in [0.15, 0.2) is 39.8 Å². The van der Waals surface area contributed by atoms with E-state index in [9.17, 15) is 18.0 Å². The second-order valence-electron chi connectivity index (χ2n) is 4.02. The molecule has 112 valence electrons. The molecule has 0 aliphatic heterocycles. The molecule has 1 aromatic heterocycles. The first kappa shape index (κ1) is 15.6. The van der Waals surface area contributed by atoms with Crippen molar-refractivity contribution in [1.82, 2.24) is 5.16 Å². The lowest BCUT2D eigenvalue weighted by molar-refractivity contribution is -0.0328. The van der Waals surface area contributed by atoms with E-state index in [1.54, 1.807) is 12.1 Å². The van der Waals surface area contributed by atoms with Crippen molar-refractivity contribution in [1.29, 1.82) is 0 Å². The zero-order valence-corrected chi connectivity index (χ0v) is 11.4. The van der Waals surface area contributed by atoms with Gasteiger partial charge in [-0.15, -0.1) is 0 Å². The lowest BCUT2D eigenvalue weighted by Gasteiger charge is -2.06. The van der Waals surface area contributed by atoms with Crippen LogP contribution in [0.3, 0.4) is 0 Å². The molecule has 0 saturated carbocycles. The average molecular weight is 317 g/mol. The van der Waals surface area contributed by atoms with Crippen LogP contribution in [0.5, 0.6) is 0 Å². The first-order chi connectivity index (χ1) is 9.96. The van der Waals surface area contributed by atoms with Gasteiger partial charge in [0.15, 0.2) is 12.0 Å². The molecule has 0 radical (unpaired) electrons. The fraction of sp³-hybridized carbons (Fsp3) is 0.231. The van der Waals surface area contributed by atoms with Crippen molar-refractivity contribution < 1.29 is 27.2 Å². The summed E-state index contributed by atoms with van der Waals surface area (Å²) < 4.78 is 46.6. The molecule has 1 aromatic carbocycles. The molecular weight excluding hydrogens is 307 g/mol. The molecule has 2 aromatic rings. The van der Waals surface area contributed by atoms with Crippen molar-refractivity contribution in [3.05, 3.63) is 47.3 Å². The van der Waals surface area contributed by atoms with E-state index in [1.807, 2.05) is 0 Å². The number of carbonyl (C=O) groups excluding carboxylic acids is 1. The van der Waals surface area contributed by atoms with Crippen molar-refractivity contribution in [3.63, 3.8) is 0 Å². The average Bonchev–Trinajstić information content (AvgIpc) is 2.87. The van der Waals surface area contributed by atoms with Crippen LogP contribution in [0.1, 0.15) is 21.8 Å². The van der Waals surface area contributed by atoms with Crippen molar-refractivity contribution in [2.75, 3.05) is 0 Å². The molecule has 1 heterocycles. The number of aromatic nitrogens is 1. The zero-order valence-electron chi connectivity index (χ0n) is 10.6. The Kier molecular flexibility index (Phi) is 5.03. The number of halogens is 3. The van der Waals surface area contributed by atoms with Crippen LogP contribution in [-0.4, -0.2) is 17.0 Å². The molecule has 8 heteroatoms. The number of benzene rings is 1. The minimum absolute atomic E-state index is 0.122. The number of hydrogen-bond donors (Lipinski definition) is 0. The molecular formula is C13H10F3NO3S. The summed E-state index contributed by atoms with van der Waals surface area (Å²) in [5, 5.41) is 3.47. The van der Waals surface area contributed by atoms with Crippen LogP contribution in [0.4, 0.5) is 13.2 Å². The topological polar surface area (TPSA) is 52.3 Å². The number of nitrogens with zero attached hydrogens (tertiary/aromatic N) is 1. The molecule has 0 N–H and O–H groups in total. The molecule has 0 aliphatic rings. The number of aldehydes is 1. The van der Waals surface area contributed by atoms with E-state index in [0.717, 1.165) is 5.56 Å². The summed E-state index contributed by atoms with van der Waals surface area (Å²) >= 11 is -0.162. The summed E-state index contributed by atoms with van der Waals surface area (Å²) in [6.45, 7) is 0.341. The lowest BCUT2D eigenvalue weighted by Crippen LogP contribution is -1.99. The quantitative estimate of drug-likeness (QED) is 0.599. The molecule has 4 nitrogen and oxygen atoms in total. The second kappa shape index (κ2) is 6.77. The number of ether oxygens (including phenoxy) is 1. The van der Waals surface area contributed by atoms with E-state index in [-0.39, 0.29) is 35.6 Å². The van der Waals surface area contributed by atoms with Gasteiger partial charge in [0.2, 0.25) is 0 Å². The monoisotopic (exact) mass is 317 g/mol. The Morgan fingerprint density at radius 2 is 1.95 bits per heavy atom. The molecule has 0 aliphatic carbocycles. The fourth-order valence-electron chi connectivity index (χ4n) is 1.51. The van der Waals surface area contributed by atoms with Crippen molar-refractivity contribution in [2.45, 2.75) is 23.6 Å². The Bertz CT molecular complexity index is 595. The molecule has 2 rings (SSSR count).